The lowest BCUT2D eigenvalue weighted by molar-refractivity contribution is -0.384. The molecular formula is C15H11N3O3. The summed E-state index contributed by atoms with van der Waals surface area (Å²) in [7, 11) is 0. The maximum absolute atomic E-state index is 12.5. The minimum atomic E-state index is -0.493. The topological polar surface area (TPSA) is 77.5 Å². The van der Waals surface area contributed by atoms with Gasteiger partial charge in [-0.15, -0.1) is 0 Å². The molecule has 1 aromatic carbocycles. The Morgan fingerprint density at radius 2 is 1.90 bits per heavy atom. The van der Waals surface area contributed by atoms with E-state index in [2.05, 4.69) is 4.98 Å². The molecule has 0 bridgehead atoms. The number of imidazole rings is 1. The highest BCUT2D eigenvalue weighted by Gasteiger charge is 2.16. The summed E-state index contributed by atoms with van der Waals surface area (Å²) in [5.74, 6) is -0.216. The first-order valence-corrected chi connectivity index (χ1v) is 6.30. The Morgan fingerprint density at radius 3 is 2.57 bits per heavy atom. The van der Waals surface area contributed by atoms with Crippen LogP contribution >= 0.6 is 0 Å². The maximum atomic E-state index is 12.5. The number of rotatable bonds is 3. The molecule has 2 aromatic heterocycles. The molecule has 0 N–H and O–H groups in total. The zero-order chi connectivity index (χ0) is 15.0. The van der Waals surface area contributed by atoms with Crippen LogP contribution in [0.3, 0.4) is 0 Å². The van der Waals surface area contributed by atoms with E-state index in [0.29, 0.717) is 16.9 Å². The van der Waals surface area contributed by atoms with Gasteiger partial charge in [0.2, 0.25) is 5.78 Å². The molecule has 2 heterocycles. The van der Waals surface area contributed by atoms with E-state index in [0.717, 1.165) is 5.69 Å². The molecule has 6 nitrogen and oxygen atoms in total. The van der Waals surface area contributed by atoms with Gasteiger partial charge in [0.15, 0.2) is 0 Å². The summed E-state index contributed by atoms with van der Waals surface area (Å²) in [6.07, 6.45) is 1.52. The molecule has 0 unspecified atom stereocenters. The van der Waals surface area contributed by atoms with Gasteiger partial charge in [-0.1, -0.05) is 6.07 Å². The summed E-state index contributed by atoms with van der Waals surface area (Å²) in [6.45, 7) is 1.89. The van der Waals surface area contributed by atoms with E-state index in [9.17, 15) is 14.9 Å². The van der Waals surface area contributed by atoms with Gasteiger partial charge in [-0.25, -0.2) is 4.98 Å². The van der Waals surface area contributed by atoms with Gasteiger partial charge in [0.1, 0.15) is 11.3 Å². The van der Waals surface area contributed by atoms with Crippen molar-refractivity contribution < 1.29 is 9.72 Å². The first kappa shape index (κ1) is 13.0. The summed E-state index contributed by atoms with van der Waals surface area (Å²) in [6, 6.07) is 11.1. The quantitative estimate of drug-likeness (QED) is 0.420. The van der Waals surface area contributed by atoms with Crippen molar-refractivity contribution in [3.63, 3.8) is 0 Å². The van der Waals surface area contributed by atoms with Gasteiger partial charge < -0.3 is 0 Å². The molecule has 0 spiro atoms. The number of aromatic nitrogens is 2. The van der Waals surface area contributed by atoms with E-state index in [4.69, 9.17) is 0 Å². The minimum absolute atomic E-state index is 0.0409. The van der Waals surface area contributed by atoms with Crippen molar-refractivity contribution in [2.75, 3.05) is 0 Å². The number of fused-ring (bicyclic) bond motifs is 1. The molecule has 0 radical (unpaired) electrons. The van der Waals surface area contributed by atoms with Gasteiger partial charge in [0.25, 0.3) is 5.69 Å². The Balaban J connectivity index is 2.06. The normalized spacial score (nSPS) is 10.7. The molecule has 0 aliphatic heterocycles. The zero-order valence-corrected chi connectivity index (χ0v) is 11.2. The van der Waals surface area contributed by atoms with Crippen molar-refractivity contribution in [1.82, 2.24) is 9.38 Å². The molecule has 21 heavy (non-hydrogen) atoms. The van der Waals surface area contributed by atoms with E-state index in [1.165, 1.54) is 30.5 Å². The van der Waals surface area contributed by atoms with Crippen molar-refractivity contribution >= 4 is 17.1 Å². The lowest BCUT2D eigenvalue weighted by Crippen LogP contribution is -2.06. The van der Waals surface area contributed by atoms with Crippen LogP contribution in [0.2, 0.25) is 0 Å². The number of carbonyl (C=O) groups excluding carboxylic acids is 1. The molecule has 0 aliphatic rings. The zero-order valence-electron chi connectivity index (χ0n) is 11.2. The molecule has 0 fully saturated rings. The summed E-state index contributed by atoms with van der Waals surface area (Å²) in [5, 5.41) is 10.6. The van der Waals surface area contributed by atoms with Gasteiger partial charge in [-0.05, 0) is 31.2 Å². The van der Waals surface area contributed by atoms with Gasteiger partial charge >= 0.3 is 0 Å². The average Bonchev–Trinajstić information content (AvgIpc) is 2.92. The van der Waals surface area contributed by atoms with Crippen LogP contribution in [0.1, 0.15) is 21.7 Å². The smallest absolute Gasteiger partial charge is 0.269 e. The number of non-ortho nitro benzene ring substituents is 1. The van der Waals surface area contributed by atoms with E-state index < -0.39 is 4.92 Å². The highest BCUT2D eigenvalue weighted by atomic mass is 16.6. The number of nitro benzene ring substituents is 1. The van der Waals surface area contributed by atoms with Crippen LogP contribution in [0.5, 0.6) is 0 Å². The third-order valence-corrected chi connectivity index (χ3v) is 3.30. The lowest BCUT2D eigenvalue weighted by atomic mass is 10.1. The molecule has 3 aromatic rings. The Labute approximate surface area is 119 Å². The van der Waals surface area contributed by atoms with Gasteiger partial charge in [-0.2, -0.15) is 0 Å². The average molecular weight is 281 g/mol. The Bertz CT molecular complexity index is 850. The second kappa shape index (κ2) is 4.82. The Morgan fingerprint density at radius 1 is 1.19 bits per heavy atom. The Kier molecular flexibility index (Phi) is 2.98. The third-order valence-electron chi connectivity index (χ3n) is 3.30. The van der Waals surface area contributed by atoms with Crippen LogP contribution in [-0.4, -0.2) is 20.1 Å². The number of nitrogens with zero attached hydrogens (tertiary/aromatic N) is 3. The molecule has 0 saturated heterocycles. The fraction of sp³-hybridized carbons (Fsp3) is 0.0667. The van der Waals surface area contributed by atoms with Crippen molar-refractivity contribution in [3.05, 3.63) is 75.7 Å². The van der Waals surface area contributed by atoms with Crippen LogP contribution in [0.15, 0.2) is 48.7 Å². The van der Waals surface area contributed by atoms with Crippen LogP contribution in [0.4, 0.5) is 5.69 Å². The first-order chi connectivity index (χ1) is 10.1. The van der Waals surface area contributed by atoms with Gasteiger partial charge in [-0.3, -0.25) is 19.3 Å². The predicted octanol–water partition coefficient (Wildman–Crippen LogP) is 2.78. The molecule has 0 atom stereocenters. The summed E-state index contributed by atoms with van der Waals surface area (Å²) >= 11 is 0. The molecule has 0 amide bonds. The first-order valence-electron chi connectivity index (χ1n) is 6.30. The number of carbonyl (C=O) groups is 1. The highest BCUT2D eigenvalue weighted by Crippen LogP contribution is 2.17. The van der Waals surface area contributed by atoms with E-state index in [1.807, 2.05) is 25.1 Å². The number of hydrogen-bond acceptors (Lipinski definition) is 4. The van der Waals surface area contributed by atoms with E-state index in [-0.39, 0.29) is 11.5 Å². The minimum Gasteiger partial charge on any atom is -0.294 e. The highest BCUT2D eigenvalue weighted by molar-refractivity contribution is 6.08. The molecular weight excluding hydrogens is 270 g/mol. The molecule has 104 valence electrons. The number of pyridine rings is 1. The maximum Gasteiger partial charge on any atom is 0.269 e. The fourth-order valence-corrected chi connectivity index (χ4v) is 2.24. The number of aryl methyl sites for hydroxylation is 1. The van der Waals surface area contributed by atoms with Crippen molar-refractivity contribution in [2.24, 2.45) is 0 Å². The van der Waals surface area contributed by atoms with Crippen molar-refractivity contribution in [2.45, 2.75) is 6.92 Å². The predicted molar refractivity (Wildman–Crippen MR) is 76.5 cm³/mol. The summed E-state index contributed by atoms with van der Waals surface area (Å²) in [4.78, 5) is 26.9. The molecule has 3 rings (SSSR count). The second-order valence-corrected chi connectivity index (χ2v) is 4.64. The number of ketones is 1. The van der Waals surface area contributed by atoms with E-state index >= 15 is 0 Å². The number of nitro groups is 1. The monoisotopic (exact) mass is 281 g/mol. The van der Waals surface area contributed by atoms with E-state index in [1.54, 1.807) is 4.40 Å². The standard InChI is InChI=1S/C15H11N3O3/c1-10-3-2-4-14-16-9-13(17(10)14)15(19)11-5-7-12(8-6-11)18(20)21/h2-9H,1H3. The Hall–Kier alpha value is -3.02. The fourth-order valence-electron chi connectivity index (χ4n) is 2.24. The number of hydrogen-bond donors (Lipinski definition) is 0. The van der Waals surface area contributed by atoms with Crippen LogP contribution in [-0.2, 0) is 0 Å². The summed E-state index contributed by atoms with van der Waals surface area (Å²) < 4.78 is 1.77. The van der Waals surface area contributed by atoms with Crippen LogP contribution in [0, 0.1) is 17.0 Å². The van der Waals surface area contributed by atoms with Gasteiger partial charge in [0, 0.05) is 23.4 Å². The SMILES string of the molecule is Cc1cccc2ncc(C(=O)c3ccc([N+](=O)[O-])cc3)n12. The lowest BCUT2D eigenvalue weighted by Gasteiger charge is -2.04. The van der Waals surface area contributed by atoms with Crippen molar-refractivity contribution in [3.8, 4) is 0 Å². The second-order valence-electron chi connectivity index (χ2n) is 4.64. The molecule has 0 saturated carbocycles. The third kappa shape index (κ3) is 2.16. The van der Waals surface area contributed by atoms with Crippen LogP contribution in [0.25, 0.3) is 5.65 Å². The van der Waals surface area contributed by atoms with Crippen molar-refractivity contribution in [1.29, 1.82) is 0 Å². The number of benzene rings is 1. The van der Waals surface area contributed by atoms with Gasteiger partial charge in [0.05, 0.1) is 11.1 Å². The molecule has 0 aliphatic carbocycles. The largest absolute Gasteiger partial charge is 0.294 e. The van der Waals surface area contributed by atoms with Crippen LogP contribution < -0.4 is 0 Å². The summed E-state index contributed by atoms with van der Waals surface area (Å²) in [5.41, 5.74) is 2.39. The molecule has 6 heteroatoms.